The molecule has 0 radical (unpaired) electrons. The Labute approximate surface area is 149 Å². The number of rotatable bonds is 7. The van der Waals surface area contributed by atoms with E-state index in [1.807, 2.05) is 37.3 Å². The van der Waals surface area contributed by atoms with E-state index in [1.165, 1.54) is 0 Å². The van der Waals surface area contributed by atoms with Gasteiger partial charge in [-0.05, 0) is 48.9 Å². The molecule has 0 heterocycles. The Bertz CT molecular complexity index is 702. The molecule has 2 N–H and O–H groups in total. The van der Waals surface area contributed by atoms with E-state index in [0.717, 1.165) is 15.7 Å². The summed E-state index contributed by atoms with van der Waals surface area (Å²) in [6.07, 6.45) is 0.201. The van der Waals surface area contributed by atoms with Crippen molar-refractivity contribution < 1.29 is 14.3 Å². The van der Waals surface area contributed by atoms with Gasteiger partial charge in [0.05, 0.1) is 0 Å². The van der Waals surface area contributed by atoms with Crippen LogP contribution in [0.1, 0.15) is 12.0 Å². The van der Waals surface area contributed by atoms with E-state index in [-0.39, 0.29) is 31.4 Å². The molecule has 0 saturated carbocycles. The smallest absolute Gasteiger partial charge is 0.257 e. The number of halogens is 1. The van der Waals surface area contributed by atoms with Crippen molar-refractivity contribution in [2.24, 2.45) is 0 Å². The molecule has 0 fully saturated rings. The van der Waals surface area contributed by atoms with Gasteiger partial charge in [-0.25, -0.2) is 0 Å². The Morgan fingerprint density at radius 2 is 1.83 bits per heavy atom. The maximum Gasteiger partial charge on any atom is 0.257 e. The lowest BCUT2D eigenvalue weighted by Gasteiger charge is -2.08. The van der Waals surface area contributed by atoms with Crippen molar-refractivity contribution in [1.29, 1.82) is 0 Å². The number of aryl methyl sites for hydroxylation is 1. The maximum absolute atomic E-state index is 11.8. The number of hydrogen-bond acceptors (Lipinski definition) is 3. The van der Waals surface area contributed by atoms with Crippen molar-refractivity contribution in [2.75, 3.05) is 18.5 Å². The fourth-order valence-electron chi connectivity index (χ4n) is 1.98. The second-order valence-electron chi connectivity index (χ2n) is 5.26. The molecule has 0 aromatic heterocycles. The van der Waals surface area contributed by atoms with Crippen LogP contribution >= 0.6 is 15.9 Å². The van der Waals surface area contributed by atoms with Crippen LogP contribution in [0, 0.1) is 6.92 Å². The number of hydrogen-bond donors (Lipinski definition) is 2. The largest absolute Gasteiger partial charge is 0.484 e. The third-order valence-corrected chi connectivity index (χ3v) is 3.69. The lowest BCUT2D eigenvalue weighted by atomic mass is 10.2. The SMILES string of the molecule is Cc1cccc(OCC(=O)NCCC(=O)Nc2ccc(Br)cc2)c1. The summed E-state index contributed by atoms with van der Waals surface area (Å²) in [7, 11) is 0. The van der Waals surface area contributed by atoms with Gasteiger partial charge >= 0.3 is 0 Å². The molecule has 0 saturated heterocycles. The van der Waals surface area contributed by atoms with Gasteiger partial charge in [0.25, 0.3) is 5.91 Å². The number of anilines is 1. The van der Waals surface area contributed by atoms with Gasteiger partial charge in [-0.3, -0.25) is 9.59 Å². The zero-order chi connectivity index (χ0) is 17.4. The summed E-state index contributed by atoms with van der Waals surface area (Å²) in [5, 5.41) is 5.43. The monoisotopic (exact) mass is 390 g/mol. The third-order valence-electron chi connectivity index (χ3n) is 3.16. The van der Waals surface area contributed by atoms with E-state index < -0.39 is 0 Å². The summed E-state index contributed by atoms with van der Waals surface area (Å²) in [5.74, 6) is 0.239. The lowest BCUT2D eigenvalue weighted by molar-refractivity contribution is -0.123. The van der Waals surface area contributed by atoms with Crippen LogP contribution in [-0.4, -0.2) is 25.0 Å². The van der Waals surface area contributed by atoms with E-state index in [0.29, 0.717) is 5.75 Å². The Kier molecular flexibility index (Phi) is 6.81. The van der Waals surface area contributed by atoms with Crippen molar-refractivity contribution in [1.82, 2.24) is 5.32 Å². The standard InChI is InChI=1S/C18H19BrN2O3/c1-13-3-2-4-16(11-13)24-12-18(23)20-10-9-17(22)21-15-7-5-14(19)6-8-15/h2-8,11H,9-10,12H2,1H3,(H,20,23)(H,21,22). The van der Waals surface area contributed by atoms with Crippen LogP contribution in [-0.2, 0) is 9.59 Å². The first-order chi connectivity index (χ1) is 11.5. The minimum absolute atomic E-state index is 0.0716. The highest BCUT2D eigenvalue weighted by Crippen LogP contribution is 2.14. The summed E-state index contributed by atoms with van der Waals surface area (Å²) in [4.78, 5) is 23.5. The average molecular weight is 391 g/mol. The van der Waals surface area contributed by atoms with Gasteiger partial charge in [0.1, 0.15) is 5.75 Å². The van der Waals surface area contributed by atoms with Crippen LogP contribution in [0.2, 0.25) is 0 Å². The topological polar surface area (TPSA) is 67.4 Å². The molecule has 0 spiro atoms. The van der Waals surface area contributed by atoms with E-state index >= 15 is 0 Å². The second kappa shape index (κ2) is 9.08. The van der Waals surface area contributed by atoms with Gasteiger partial charge in [-0.1, -0.05) is 28.1 Å². The first kappa shape index (κ1) is 18.0. The zero-order valence-corrected chi connectivity index (χ0v) is 14.9. The lowest BCUT2D eigenvalue weighted by Crippen LogP contribution is -2.31. The van der Waals surface area contributed by atoms with Crippen molar-refractivity contribution in [3.8, 4) is 5.75 Å². The van der Waals surface area contributed by atoms with E-state index in [1.54, 1.807) is 18.2 Å². The highest BCUT2D eigenvalue weighted by atomic mass is 79.9. The van der Waals surface area contributed by atoms with Crippen LogP contribution in [0.25, 0.3) is 0 Å². The first-order valence-electron chi connectivity index (χ1n) is 7.54. The number of amides is 2. The normalized spacial score (nSPS) is 10.1. The Morgan fingerprint density at radius 1 is 1.08 bits per heavy atom. The minimum atomic E-state index is -0.257. The molecular formula is C18H19BrN2O3. The van der Waals surface area contributed by atoms with Gasteiger partial charge in [0.15, 0.2) is 6.61 Å². The van der Waals surface area contributed by atoms with Crippen LogP contribution in [0.15, 0.2) is 53.0 Å². The summed E-state index contributed by atoms with van der Waals surface area (Å²) < 4.78 is 6.34. The van der Waals surface area contributed by atoms with Crippen molar-refractivity contribution in [3.05, 3.63) is 58.6 Å². The molecule has 24 heavy (non-hydrogen) atoms. The van der Waals surface area contributed by atoms with Crippen LogP contribution in [0.4, 0.5) is 5.69 Å². The molecular weight excluding hydrogens is 372 g/mol. The molecule has 2 aromatic rings. The Morgan fingerprint density at radius 3 is 2.54 bits per heavy atom. The molecule has 0 aliphatic heterocycles. The van der Waals surface area contributed by atoms with Gasteiger partial charge in [-0.15, -0.1) is 0 Å². The minimum Gasteiger partial charge on any atom is -0.484 e. The number of benzene rings is 2. The molecule has 0 aliphatic rings. The van der Waals surface area contributed by atoms with Crippen LogP contribution in [0.5, 0.6) is 5.75 Å². The molecule has 2 rings (SSSR count). The molecule has 126 valence electrons. The second-order valence-corrected chi connectivity index (χ2v) is 6.18. The molecule has 2 aromatic carbocycles. The Hall–Kier alpha value is -2.34. The van der Waals surface area contributed by atoms with Crippen LogP contribution in [0.3, 0.4) is 0 Å². The van der Waals surface area contributed by atoms with Gasteiger partial charge in [-0.2, -0.15) is 0 Å². The van der Waals surface area contributed by atoms with Gasteiger partial charge in [0.2, 0.25) is 5.91 Å². The molecule has 6 heteroatoms. The molecule has 2 amide bonds. The predicted molar refractivity (Wildman–Crippen MR) is 97.1 cm³/mol. The predicted octanol–water partition coefficient (Wildman–Crippen LogP) is 3.28. The van der Waals surface area contributed by atoms with E-state index in [2.05, 4.69) is 26.6 Å². The van der Waals surface area contributed by atoms with Crippen molar-refractivity contribution in [3.63, 3.8) is 0 Å². The first-order valence-corrected chi connectivity index (χ1v) is 8.34. The fraction of sp³-hybridized carbons (Fsp3) is 0.222. The molecule has 5 nitrogen and oxygen atoms in total. The van der Waals surface area contributed by atoms with Crippen molar-refractivity contribution in [2.45, 2.75) is 13.3 Å². The van der Waals surface area contributed by atoms with Gasteiger partial charge in [0, 0.05) is 23.1 Å². The van der Waals surface area contributed by atoms with Gasteiger partial charge < -0.3 is 15.4 Å². The number of nitrogens with one attached hydrogen (secondary N) is 2. The summed E-state index contributed by atoms with van der Waals surface area (Å²) in [6.45, 7) is 2.15. The average Bonchev–Trinajstić information content (AvgIpc) is 2.55. The van der Waals surface area contributed by atoms with E-state index in [9.17, 15) is 9.59 Å². The summed E-state index contributed by atoms with van der Waals surface area (Å²) in [6, 6.07) is 14.8. The number of carbonyl (C=O) groups excluding carboxylic acids is 2. The molecule has 0 aliphatic carbocycles. The Balaban J connectivity index is 1.65. The highest BCUT2D eigenvalue weighted by molar-refractivity contribution is 9.10. The number of ether oxygens (including phenoxy) is 1. The summed E-state index contributed by atoms with van der Waals surface area (Å²) >= 11 is 3.33. The molecule has 0 bridgehead atoms. The zero-order valence-electron chi connectivity index (χ0n) is 13.3. The van der Waals surface area contributed by atoms with Crippen LogP contribution < -0.4 is 15.4 Å². The molecule has 0 atom stereocenters. The highest BCUT2D eigenvalue weighted by Gasteiger charge is 2.06. The third kappa shape index (κ3) is 6.42. The fourth-order valence-corrected chi connectivity index (χ4v) is 2.24. The quantitative estimate of drug-likeness (QED) is 0.761. The maximum atomic E-state index is 11.8. The molecule has 0 unspecified atom stereocenters. The van der Waals surface area contributed by atoms with Crippen molar-refractivity contribution >= 4 is 33.4 Å². The summed E-state index contributed by atoms with van der Waals surface area (Å²) in [5.41, 5.74) is 1.79. The van der Waals surface area contributed by atoms with E-state index in [4.69, 9.17) is 4.74 Å². The number of carbonyl (C=O) groups is 2.